The summed E-state index contributed by atoms with van der Waals surface area (Å²) in [7, 11) is 0. The molecule has 6 heteroatoms. The maximum Gasteiger partial charge on any atom is 0.187 e. The minimum absolute atomic E-state index is 0.324. The van der Waals surface area contributed by atoms with Crippen LogP contribution in [0.1, 0.15) is 57.8 Å². The highest BCUT2D eigenvalue weighted by atomic mass is 16.7. The zero-order chi connectivity index (χ0) is 18.6. The number of aliphatic hydroxyl groups is 1. The molecule has 0 bridgehead atoms. The largest absolute Gasteiger partial charge is 0.369 e. The summed E-state index contributed by atoms with van der Waals surface area (Å²) < 4.78 is 32.6. The Kier molecular flexibility index (Phi) is 4.46. The summed E-state index contributed by atoms with van der Waals surface area (Å²) in [5, 5.41) is 11.4. The summed E-state index contributed by atoms with van der Waals surface area (Å²) in [5.74, 6) is 0. The van der Waals surface area contributed by atoms with Crippen LogP contribution in [0.25, 0.3) is 0 Å². The Hall–Kier alpha value is -0.500. The molecule has 0 aromatic rings. The molecule has 6 atom stereocenters. The van der Waals surface area contributed by atoms with Gasteiger partial charge in [0.25, 0.3) is 0 Å². The predicted molar refractivity (Wildman–Crippen MR) is 97.4 cm³/mol. The molecule has 0 radical (unpaired) electrons. The Morgan fingerprint density at radius 1 is 0.778 bits per heavy atom. The van der Waals surface area contributed by atoms with E-state index in [1.807, 2.05) is 6.08 Å². The molecular weight excluding hydrogens is 348 g/mol. The Morgan fingerprint density at radius 2 is 1.30 bits per heavy atom. The van der Waals surface area contributed by atoms with Crippen LogP contribution in [0.3, 0.4) is 0 Å². The molecule has 4 spiro atoms. The second-order valence-electron chi connectivity index (χ2n) is 8.74. The van der Waals surface area contributed by atoms with Gasteiger partial charge in [-0.1, -0.05) is 6.08 Å². The van der Waals surface area contributed by atoms with E-state index in [4.69, 9.17) is 23.7 Å². The Balaban J connectivity index is 1.75. The van der Waals surface area contributed by atoms with E-state index in [1.165, 1.54) is 0 Å². The zero-order valence-corrected chi connectivity index (χ0v) is 16.1. The van der Waals surface area contributed by atoms with Gasteiger partial charge >= 0.3 is 0 Å². The summed E-state index contributed by atoms with van der Waals surface area (Å²) in [5.41, 5.74) is -2.95. The summed E-state index contributed by atoms with van der Waals surface area (Å²) in [6.45, 7) is 6.57. The molecule has 6 nitrogen and oxygen atoms in total. The smallest absolute Gasteiger partial charge is 0.187 e. The van der Waals surface area contributed by atoms with Crippen molar-refractivity contribution < 1.29 is 28.8 Å². The lowest BCUT2D eigenvalue weighted by atomic mass is 9.58. The Labute approximate surface area is 161 Å². The van der Waals surface area contributed by atoms with E-state index < -0.39 is 28.7 Å². The van der Waals surface area contributed by atoms with Crippen LogP contribution in [-0.4, -0.2) is 66.3 Å². The zero-order valence-electron chi connectivity index (χ0n) is 16.1. The fraction of sp³-hybridized carbons (Fsp3) is 0.905. The number of ether oxygens (including phenoxy) is 5. The molecule has 0 aromatic heterocycles. The molecule has 5 aliphatic heterocycles. The van der Waals surface area contributed by atoms with Gasteiger partial charge in [0.2, 0.25) is 0 Å². The average molecular weight is 380 g/mol. The molecular formula is C21H32O6. The van der Waals surface area contributed by atoms with E-state index in [0.717, 1.165) is 51.4 Å². The highest BCUT2D eigenvalue weighted by Crippen LogP contribution is 2.64. The highest BCUT2D eigenvalue weighted by molar-refractivity contribution is 5.29. The van der Waals surface area contributed by atoms with Crippen LogP contribution < -0.4 is 0 Å². The first-order chi connectivity index (χ1) is 13.2. The fourth-order valence-electron chi connectivity index (χ4n) is 6.91. The molecule has 5 fully saturated rings. The first-order valence-electron chi connectivity index (χ1n) is 10.7. The van der Waals surface area contributed by atoms with Crippen molar-refractivity contribution in [3.63, 3.8) is 0 Å². The number of aliphatic hydroxyl groups excluding tert-OH is 1. The molecule has 5 rings (SSSR count). The SMILES string of the molecule is C=CCC1OC(O)[C@@]2(CCCO2)[C@]2(CCCO2)[C@@]2(CCCO2)[C@]12CCCO2. The minimum atomic E-state index is -1.06. The number of fused-ring (bicyclic) bond motifs is 3. The van der Waals surface area contributed by atoms with Crippen molar-refractivity contribution >= 4 is 0 Å². The van der Waals surface area contributed by atoms with Gasteiger partial charge in [0, 0.05) is 26.4 Å². The molecule has 27 heavy (non-hydrogen) atoms. The van der Waals surface area contributed by atoms with E-state index in [0.29, 0.717) is 32.8 Å². The maximum absolute atomic E-state index is 11.4. The molecule has 0 aliphatic carbocycles. The van der Waals surface area contributed by atoms with Crippen molar-refractivity contribution in [2.75, 3.05) is 26.4 Å². The molecule has 152 valence electrons. The average Bonchev–Trinajstić information content (AvgIpc) is 3.48. The fourth-order valence-corrected chi connectivity index (χ4v) is 6.91. The maximum atomic E-state index is 11.4. The normalized spacial score (nSPS) is 52.5. The van der Waals surface area contributed by atoms with Crippen LogP contribution in [0.4, 0.5) is 0 Å². The number of hydrogen-bond donors (Lipinski definition) is 1. The number of rotatable bonds is 2. The summed E-state index contributed by atoms with van der Waals surface area (Å²) >= 11 is 0. The van der Waals surface area contributed by atoms with Gasteiger partial charge < -0.3 is 28.8 Å². The summed E-state index contributed by atoms with van der Waals surface area (Å²) in [6.07, 6.45) is 8.05. The van der Waals surface area contributed by atoms with Gasteiger partial charge in [-0.15, -0.1) is 6.58 Å². The lowest BCUT2D eigenvalue weighted by Gasteiger charge is -2.58. The van der Waals surface area contributed by atoms with Crippen LogP contribution in [-0.2, 0) is 23.7 Å². The topological polar surface area (TPSA) is 66.4 Å². The van der Waals surface area contributed by atoms with Crippen LogP contribution in [0.5, 0.6) is 0 Å². The molecule has 0 saturated carbocycles. The second kappa shape index (κ2) is 6.51. The van der Waals surface area contributed by atoms with Crippen molar-refractivity contribution in [3.05, 3.63) is 12.7 Å². The van der Waals surface area contributed by atoms with E-state index in [1.54, 1.807) is 0 Å². The van der Waals surface area contributed by atoms with Crippen molar-refractivity contribution in [3.8, 4) is 0 Å². The van der Waals surface area contributed by atoms with Crippen LogP contribution in [0, 0.1) is 0 Å². The molecule has 2 unspecified atom stereocenters. The molecule has 5 aliphatic rings. The molecule has 1 N–H and O–H groups in total. The number of hydrogen-bond acceptors (Lipinski definition) is 6. The van der Waals surface area contributed by atoms with Gasteiger partial charge in [0.1, 0.15) is 16.8 Å². The van der Waals surface area contributed by atoms with E-state index in [-0.39, 0.29) is 6.10 Å². The Morgan fingerprint density at radius 3 is 1.78 bits per heavy atom. The third-order valence-corrected chi connectivity index (χ3v) is 7.76. The van der Waals surface area contributed by atoms with Crippen molar-refractivity contribution in [2.24, 2.45) is 0 Å². The predicted octanol–water partition coefficient (Wildman–Crippen LogP) is 2.48. The standard InChI is InChI=1S/C21H32O6/c1-2-7-16-18(8-3-12-23-18)20(10-5-14-25-20)21(11-6-15-26-21)19(17(22)27-16)9-4-13-24-19/h2,16-17,22H,1,3-15H2/t16?,17?,18-,19-,20+,21+/m0/s1. The van der Waals surface area contributed by atoms with E-state index in [9.17, 15) is 5.11 Å². The van der Waals surface area contributed by atoms with Crippen LogP contribution in [0.2, 0.25) is 0 Å². The van der Waals surface area contributed by atoms with E-state index >= 15 is 0 Å². The molecule has 0 aromatic carbocycles. The van der Waals surface area contributed by atoms with Gasteiger partial charge in [-0.25, -0.2) is 0 Å². The van der Waals surface area contributed by atoms with Gasteiger partial charge in [0.05, 0.1) is 6.10 Å². The quantitative estimate of drug-likeness (QED) is 0.743. The molecule has 0 amide bonds. The highest BCUT2D eigenvalue weighted by Gasteiger charge is 2.80. The first kappa shape index (κ1) is 18.5. The molecule has 5 heterocycles. The Bertz CT molecular complexity index is 565. The molecule has 5 saturated heterocycles. The van der Waals surface area contributed by atoms with Crippen molar-refractivity contribution in [2.45, 2.75) is 92.6 Å². The van der Waals surface area contributed by atoms with Crippen LogP contribution in [0.15, 0.2) is 12.7 Å². The second-order valence-corrected chi connectivity index (χ2v) is 8.74. The van der Waals surface area contributed by atoms with Gasteiger partial charge in [-0.05, 0) is 57.8 Å². The van der Waals surface area contributed by atoms with Gasteiger partial charge in [-0.3, -0.25) is 0 Å². The van der Waals surface area contributed by atoms with Crippen molar-refractivity contribution in [1.29, 1.82) is 0 Å². The minimum Gasteiger partial charge on any atom is -0.369 e. The third kappa shape index (κ3) is 2.12. The van der Waals surface area contributed by atoms with Crippen molar-refractivity contribution in [1.82, 2.24) is 0 Å². The third-order valence-electron chi connectivity index (χ3n) is 7.76. The lowest BCUT2D eigenvalue weighted by molar-refractivity contribution is -0.316. The first-order valence-corrected chi connectivity index (χ1v) is 10.7. The van der Waals surface area contributed by atoms with E-state index in [2.05, 4.69) is 6.58 Å². The van der Waals surface area contributed by atoms with Crippen LogP contribution >= 0.6 is 0 Å². The monoisotopic (exact) mass is 380 g/mol. The van der Waals surface area contributed by atoms with Gasteiger partial charge in [-0.2, -0.15) is 0 Å². The lowest BCUT2D eigenvalue weighted by Crippen LogP contribution is -2.76. The summed E-state index contributed by atoms with van der Waals surface area (Å²) in [4.78, 5) is 0. The summed E-state index contributed by atoms with van der Waals surface area (Å²) in [6, 6.07) is 0. The van der Waals surface area contributed by atoms with Gasteiger partial charge in [0.15, 0.2) is 11.9 Å².